The molecule has 1 rings (SSSR count). The lowest BCUT2D eigenvalue weighted by molar-refractivity contribution is 0.408. The number of aromatic hydroxyl groups is 1. The molecule has 0 aromatic heterocycles. The first-order valence-electron chi connectivity index (χ1n) is 8.67. The molecular weight excluding hydrogens is 272 g/mol. The normalized spacial score (nSPS) is 12.7. The van der Waals surface area contributed by atoms with E-state index in [0.29, 0.717) is 11.7 Å². The van der Waals surface area contributed by atoms with Gasteiger partial charge in [0, 0.05) is 5.56 Å². The highest BCUT2D eigenvalue weighted by Gasteiger charge is 2.11. The van der Waals surface area contributed by atoms with Gasteiger partial charge in [0.25, 0.3) is 0 Å². The Balaban J connectivity index is 2.19. The van der Waals surface area contributed by atoms with E-state index in [1.54, 1.807) is 19.2 Å². The average Bonchev–Trinajstić information content (AvgIpc) is 2.53. The Morgan fingerprint density at radius 1 is 1.09 bits per heavy atom. The maximum absolute atomic E-state index is 9.98. The van der Waals surface area contributed by atoms with E-state index in [1.807, 2.05) is 6.07 Å². The first-order chi connectivity index (χ1) is 10.7. The molecule has 0 spiro atoms. The van der Waals surface area contributed by atoms with Crippen molar-refractivity contribution in [3.05, 3.63) is 35.9 Å². The summed E-state index contributed by atoms with van der Waals surface area (Å²) in [5.41, 5.74) is 1.01. The number of phenolic OH excluding ortho intramolecular Hbond substituents is 1. The van der Waals surface area contributed by atoms with E-state index >= 15 is 0 Å². The van der Waals surface area contributed by atoms with Gasteiger partial charge in [-0.1, -0.05) is 51.2 Å². The van der Waals surface area contributed by atoms with E-state index < -0.39 is 0 Å². The fourth-order valence-corrected chi connectivity index (χ4v) is 2.80. The van der Waals surface area contributed by atoms with Gasteiger partial charge in [-0.15, -0.1) is 0 Å². The molecule has 2 nitrogen and oxygen atoms in total. The van der Waals surface area contributed by atoms with E-state index in [4.69, 9.17) is 4.74 Å². The summed E-state index contributed by atoms with van der Waals surface area (Å²) >= 11 is 0. The molecule has 1 atom stereocenters. The van der Waals surface area contributed by atoms with Crippen LogP contribution in [0.2, 0.25) is 0 Å². The molecule has 1 aromatic carbocycles. The Hall–Kier alpha value is -1.44. The minimum absolute atomic E-state index is 0.379. The first-order valence-corrected chi connectivity index (χ1v) is 8.67. The third-order valence-corrected chi connectivity index (χ3v) is 4.26. The lowest BCUT2D eigenvalue weighted by atomic mass is 9.93. The van der Waals surface area contributed by atoms with Crippen LogP contribution in [0.3, 0.4) is 0 Å². The quantitative estimate of drug-likeness (QED) is 0.389. The number of ether oxygens (including phenoxy) is 1. The van der Waals surface area contributed by atoms with Gasteiger partial charge in [0.1, 0.15) is 11.5 Å². The Kier molecular flexibility index (Phi) is 9.45. The summed E-state index contributed by atoms with van der Waals surface area (Å²) < 4.78 is 5.24. The number of benzene rings is 1. The Labute approximate surface area is 136 Å². The molecule has 1 N–H and O–H groups in total. The third-order valence-electron chi connectivity index (χ3n) is 4.26. The van der Waals surface area contributed by atoms with E-state index in [0.717, 1.165) is 17.7 Å². The molecule has 0 aliphatic rings. The molecule has 124 valence electrons. The second kappa shape index (κ2) is 11.2. The predicted octanol–water partition coefficient (Wildman–Crippen LogP) is 6.20. The summed E-state index contributed by atoms with van der Waals surface area (Å²) in [6, 6.07) is 5.50. The second-order valence-corrected chi connectivity index (χ2v) is 6.09. The minimum atomic E-state index is 0.379. The molecule has 0 aliphatic carbocycles. The monoisotopic (exact) mass is 304 g/mol. The van der Waals surface area contributed by atoms with Gasteiger partial charge in [0.15, 0.2) is 0 Å². The van der Waals surface area contributed by atoms with Crippen molar-refractivity contribution >= 4 is 0 Å². The van der Waals surface area contributed by atoms with E-state index in [1.165, 1.54) is 44.9 Å². The first kappa shape index (κ1) is 18.6. The summed E-state index contributed by atoms with van der Waals surface area (Å²) in [7, 11) is 1.66. The van der Waals surface area contributed by atoms with Crippen molar-refractivity contribution in [2.75, 3.05) is 7.11 Å². The van der Waals surface area contributed by atoms with Crippen LogP contribution >= 0.6 is 0 Å². The van der Waals surface area contributed by atoms with Crippen LogP contribution in [0, 0.1) is 0 Å². The zero-order chi connectivity index (χ0) is 16.2. The molecule has 1 unspecified atom stereocenters. The maximum Gasteiger partial charge on any atom is 0.119 e. The predicted molar refractivity (Wildman–Crippen MR) is 94.8 cm³/mol. The fraction of sp³-hybridized carbons (Fsp3) is 0.600. The number of unbranched alkanes of at least 4 members (excludes halogenated alkanes) is 6. The van der Waals surface area contributed by atoms with Gasteiger partial charge >= 0.3 is 0 Å². The zero-order valence-electron chi connectivity index (χ0n) is 14.5. The molecule has 1 aromatic rings. The highest BCUT2D eigenvalue weighted by Crippen LogP contribution is 2.32. The standard InChI is InChI=1S/C20H32O2/c1-4-5-6-7-8-9-10-11-12-13-17(2)19-16-18(22-3)14-15-20(19)21/h4-5,14-17,21H,6-13H2,1-3H3/b5-4+. The van der Waals surface area contributed by atoms with Crippen molar-refractivity contribution in [1.29, 1.82) is 0 Å². The lowest BCUT2D eigenvalue weighted by Crippen LogP contribution is -1.96. The fourth-order valence-electron chi connectivity index (χ4n) is 2.80. The van der Waals surface area contributed by atoms with Crippen molar-refractivity contribution in [2.45, 2.75) is 71.1 Å². The number of methoxy groups -OCH3 is 1. The van der Waals surface area contributed by atoms with Gasteiger partial charge in [-0.3, -0.25) is 0 Å². The number of hydrogen-bond donors (Lipinski definition) is 1. The SMILES string of the molecule is C/C=C/CCCCCCCCC(C)c1cc(OC)ccc1O. The third kappa shape index (κ3) is 7.02. The van der Waals surface area contributed by atoms with Crippen molar-refractivity contribution in [1.82, 2.24) is 0 Å². The summed E-state index contributed by atoms with van der Waals surface area (Å²) in [5, 5.41) is 9.98. The van der Waals surface area contributed by atoms with Crippen molar-refractivity contribution in [2.24, 2.45) is 0 Å². The minimum Gasteiger partial charge on any atom is -0.508 e. The molecule has 0 bridgehead atoms. The van der Waals surface area contributed by atoms with Crippen LogP contribution in [0.1, 0.15) is 76.7 Å². The zero-order valence-corrected chi connectivity index (χ0v) is 14.5. The highest BCUT2D eigenvalue weighted by molar-refractivity contribution is 5.41. The molecular formula is C20H32O2. The molecule has 0 saturated carbocycles. The molecule has 0 fully saturated rings. The highest BCUT2D eigenvalue weighted by atomic mass is 16.5. The van der Waals surface area contributed by atoms with Gasteiger partial charge in [-0.2, -0.15) is 0 Å². The molecule has 0 aliphatic heterocycles. The number of phenols is 1. The van der Waals surface area contributed by atoms with Crippen molar-refractivity contribution < 1.29 is 9.84 Å². The maximum atomic E-state index is 9.98. The summed E-state index contributed by atoms with van der Waals surface area (Å²) in [6.45, 7) is 4.27. The van der Waals surface area contributed by atoms with E-state index in [-0.39, 0.29) is 0 Å². The van der Waals surface area contributed by atoms with E-state index in [2.05, 4.69) is 26.0 Å². The van der Waals surface area contributed by atoms with Gasteiger partial charge in [-0.25, -0.2) is 0 Å². The lowest BCUT2D eigenvalue weighted by Gasteiger charge is -2.14. The Morgan fingerprint density at radius 3 is 2.45 bits per heavy atom. The van der Waals surface area contributed by atoms with Gasteiger partial charge < -0.3 is 9.84 Å². The van der Waals surface area contributed by atoms with Crippen LogP contribution in [-0.4, -0.2) is 12.2 Å². The van der Waals surface area contributed by atoms with Crippen LogP contribution in [0.4, 0.5) is 0 Å². The number of hydrogen-bond acceptors (Lipinski definition) is 2. The summed E-state index contributed by atoms with van der Waals surface area (Å²) in [4.78, 5) is 0. The molecule has 2 heteroatoms. The van der Waals surface area contributed by atoms with Crippen LogP contribution in [0.15, 0.2) is 30.4 Å². The molecule has 0 amide bonds. The Morgan fingerprint density at radius 2 is 1.77 bits per heavy atom. The second-order valence-electron chi connectivity index (χ2n) is 6.09. The van der Waals surface area contributed by atoms with Gasteiger partial charge in [-0.05, 0) is 50.3 Å². The van der Waals surface area contributed by atoms with Crippen LogP contribution in [0.5, 0.6) is 11.5 Å². The van der Waals surface area contributed by atoms with Crippen LogP contribution < -0.4 is 4.74 Å². The average molecular weight is 304 g/mol. The molecule has 0 heterocycles. The smallest absolute Gasteiger partial charge is 0.119 e. The van der Waals surface area contributed by atoms with Crippen molar-refractivity contribution in [3.8, 4) is 11.5 Å². The number of allylic oxidation sites excluding steroid dienone is 2. The summed E-state index contributed by atoms with van der Waals surface area (Å²) in [6.07, 6.45) is 14.6. The van der Waals surface area contributed by atoms with Gasteiger partial charge in [0.05, 0.1) is 7.11 Å². The molecule has 0 saturated heterocycles. The largest absolute Gasteiger partial charge is 0.508 e. The Bertz CT molecular complexity index is 437. The molecule has 0 radical (unpaired) electrons. The number of rotatable bonds is 11. The van der Waals surface area contributed by atoms with Crippen LogP contribution in [-0.2, 0) is 0 Å². The molecule has 22 heavy (non-hydrogen) atoms. The van der Waals surface area contributed by atoms with Crippen LogP contribution in [0.25, 0.3) is 0 Å². The summed E-state index contributed by atoms with van der Waals surface area (Å²) in [5.74, 6) is 1.59. The van der Waals surface area contributed by atoms with E-state index in [9.17, 15) is 5.11 Å². The van der Waals surface area contributed by atoms with Crippen molar-refractivity contribution in [3.63, 3.8) is 0 Å². The van der Waals surface area contributed by atoms with Gasteiger partial charge in [0.2, 0.25) is 0 Å². The topological polar surface area (TPSA) is 29.5 Å².